The lowest BCUT2D eigenvalue weighted by Crippen LogP contribution is -2.12. The van der Waals surface area contributed by atoms with Crippen LogP contribution in [0.4, 0.5) is 19.0 Å². The number of halogens is 4. The van der Waals surface area contributed by atoms with Crippen LogP contribution in [0.5, 0.6) is 0 Å². The maximum absolute atomic E-state index is 12.9. The predicted octanol–water partition coefficient (Wildman–Crippen LogP) is 4.43. The summed E-state index contributed by atoms with van der Waals surface area (Å²) in [6.45, 7) is 1.95. The molecular formula is C14H13BrF3N3. The molecular weight excluding hydrogens is 347 g/mol. The molecule has 0 spiro atoms. The van der Waals surface area contributed by atoms with Crippen molar-refractivity contribution in [2.75, 3.05) is 5.32 Å². The Morgan fingerprint density at radius 2 is 1.90 bits per heavy atom. The number of aromatic nitrogens is 2. The van der Waals surface area contributed by atoms with Crippen LogP contribution in [0.25, 0.3) is 0 Å². The topological polar surface area (TPSA) is 37.8 Å². The van der Waals surface area contributed by atoms with Gasteiger partial charge in [-0.1, -0.05) is 25.1 Å². The fourth-order valence-corrected chi connectivity index (χ4v) is 2.27. The van der Waals surface area contributed by atoms with Crippen molar-refractivity contribution in [1.82, 2.24) is 9.97 Å². The number of alkyl halides is 3. The van der Waals surface area contributed by atoms with Gasteiger partial charge in [0.1, 0.15) is 16.2 Å². The molecule has 1 aromatic carbocycles. The Morgan fingerprint density at radius 1 is 1.19 bits per heavy atom. The zero-order chi connectivity index (χ0) is 15.5. The number of hydrogen-bond donors (Lipinski definition) is 1. The molecule has 21 heavy (non-hydrogen) atoms. The standard InChI is InChI=1S/C14H13BrF3N3/c1-2-12-20-11(15)7-13(21-12)19-8-9-5-3-4-6-10(9)14(16,17)18/h3-7H,2,8H2,1H3,(H,19,20,21). The van der Waals surface area contributed by atoms with E-state index in [0.29, 0.717) is 22.7 Å². The van der Waals surface area contributed by atoms with Crippen LogP contribution in [0, 0.1) is 0 Å². The van der Waals surface area contributed by atoms with Crippen LogP contribution in [0.3, 0.4) is 0 Å². The van der Waals surface area contributed by atoms with Gasteiger partial charge in [-0.05, 0) is 27.6 Å². The van der Waals surface area contributed by atoms with E-state index in [1.165, 1.54) is 12.1 Å². The highest BCUT2D eigenvalue weighted by Crippen LogP contribution is 2.32. The number of nitrogens with zero attached hydrogens (tertiary/aromatic N) is 2. The minimum absolute atomic E-state index is 0.0439. The molecule has 2 aromatic rings. The summed E-state index contributed by atoms with van der Waals surface area (Å²) in [5.74, 6) is 1.11. The van der Waals surface area contributed by atoms with Gasteiger partial charge in [-0.15, -0.1) is 0 Å². The molecule has 0 aliphatic heterocycles. The highest BCUT2D eigenvalue weighted by molar-refractivity contribution is 9.10. The van der Waals surface area contributed by atoms with Crippen LogP contribution in [0.1, 0.15) is 23.9 Å². The van der Waals surface area contributed by atoms with E-state index in [4.69, 9.17) is 0 Å². The summed E-state index contributed by atoms with van der Waals surface area (Å²) >= 11 is 3.26. The van der Waals surface area contributed by atoms with Crippen molar-refractivity contribution in [2.45, 2.75) is 26.1 Å². The van der Waals surface area contributed by atoms with Gasteiger partial charge in [0.25, 0.3) is 0 Å². The largest absolute Gasteiger partial charge is 0.416 e. The van der Waals surface area contributed by atoms with Crippen LogP contribution in [-0.4, -0.2) is 9.97 Å². The Hall–Kier alpha value is -1.63. The van der Waals surface area contributed by atoms with Gasteiger partial charge in [-0.25, -0.2) is 9.97 Å². The Balaban J connectivity index is 2.19. The van der Waals surface area contributed by atoms with Crippen LogP contribution >= 0.6 is 15.9 Å². The molecule has 7 heteroatoms. The van der Waals surface area contributed by atoms with Crippen LogP contribution in [0.15, 0.2) is 34.9 Å². The summed E-state index contributed by atoms with van der Waals surface area (Å²) in [6.07, 6.45) is -3.72. The molecule has 2 rings (SSSR count). The van der Waals surface area contributed by atoms with E-state index in [-0.39, 0.29) is 12.1 Å². The van der Waals surface area contributed by atoms with Gasteiger partial charge in [-0.2, -0.15) is 13.2 Å². The fourth-order valence-electron chi connectivity index (χ4n) is 1.85. The smallest absolute Gasteiger partial charge is 0.366 e. The summed E-state index contributed by atoms with van der Waals surface area (Å²) in [7, 11) is 0. The van der Waals surface area contributed by atoms with E-state index < -0.39 is 11.7 Å². The third-order valence-electron chi connectivity index (χ3n) is 2.84. The lowest BCUT2D eigenvalue weighted by Gasteiger charge is -2.13. The molecule has 112 valence electrons. The minimum Gasteiger partial charge on any atom is -0.366 e. The van der Waals surface area contributed by atoms with E-state index in [2.05, 4.69) is 31.2 Å². The van der Waals surface area contributed by atoms with E-state index in [1.54, 1.807) is 12.1 Å². The SMILES string of the molecule is CCc1nc(Br)cc(NCc2ccccc2C(F)(F)F)n1. The predicted molar refractivity (Wildman–Crippen MR) is 77.9 cm³/mol. The van der Waals surface area contributed by atoms with Crippen molar-refractivity contribution in [3.63, 3.8) is 0 Å². The number of aryl methyl sites for hydroxylation is 1. The number of anilines is 1. The van der Waals surface area contributed by atoms with Gasteiger partial charge >= 0.3 is 6.18 Å². The first-order valence-corrected chi connectivity index (χ1v) is 7.12. The molecule has 0 bridgehead atoms. The highest BCUT2D eigenvalue weighted by Gasteiger charge is 2.32. The Bertz CT molecular complexity index is 629. The molecule has 0 unspecified atom stereocenters. The van der Waals surface area contributed by atoms with E-state index in [0.717, 1.165) is 6.07 Å². The van der Waals surface area contributed by atoms with Crippen LogP contribution in [0.2, 0.25) is 0 Å². The lowest BCUT2D eigenvalue weighted by molar-refractivity contribution is -0.138. The van der Waals surface area contributed by atoms with Gasteiger partial charge in [0.2, 0.25) is 0 Å². The Labute approximate surface area is 128 Å². The average molecular weight is 360 g/mol. The Kier molecular flexibility index (Phi) is 4.82. The van der Waals surface area contributed by atoms with Crippen molar-refractivity contribution >= 4 is 21.7 Å². The molecule has 3 nitrogen and oxygen atoms in total. The van der Waals surface area contributed by atoms with Gasteiger partial charge in [0, 0.05) is 19.0 Å². The normalized spacial score (nSPS) is 11.5. The average Bonchev–Trinajstić information content (AvgIpc) is 2.44. The molecule has 1 heterocycles. The maximum atomic E-state index is 12.9. The molecule has 0 aliphatic rings. The fraction of sp³-hybridized carbons (Fsp3) is 0.286. The van der Waals surface area contributed by atoms with Gasteiger partial charge in [0.15, 0.2) is 0 Å². The summed E-state index contributed by atoms with van der Waals surface area (Å²) in [5.41, 5.74) is -0.459. The second-order valence-electron chi connectivity index (χ2n) is 4.35. The first-order valence-electron chi connectivity index (χ1n) is 6.32. The summed E-state index contributed by atoms with van der Waals surface area (Å²) in [6, 6.07) is 7.12. The summed E-state index contributed by atoms with van der Waals surface area (Å²) in [4.78, 5) is 8.38. The number of benzene rings is 1. The first kappa shape index (κ1) is 15.8. The second-order valence-corrected chi connectivity index (χ2v) is 5.17. The third-order valence-corrected chi connectivity index (χ3v) is 3.25. The van der Waals surface area contributed by atoms with Crippen molar-refractivity contribution in [3.8, 4) is 0 Å². The highest BCUT2D eigenvalue weighted by atomic mass is 79.9. The Morgan fingerprint density at radius 3 is 2.57 bits per heavy atom. The zero-order valence-electron chi connectivity index (χ0n) is 11.2. The van der Waals surface area contributed by atoms with Crippen molar-refractivity contribution < 1.29 is 13.2 Å². The molecule has 0 radical (unpaired) electrons. The molecule has 0 saturated heterocycles. The van der Waals surface area contributed by atoms with E-state index in [9.17, 15) is 13.2 Å². The number of rotatable bonds is 4. The van der Waals surface area contributed by atoms with Gasteiger partial charge in [-0.3, -0.25) is 0 Å². The maximum Gasteiger partial charge on any atom is 0.416 e. The van der Waals surface area contributed by atoms with Crippen LogP contribution in [-0.2, 0) is 19.1 Å². The van der Waals surface area contributed by atoms with Crippen molar-refractivity contribution in [2.24, 2.45) is 0 Å². The number of hydrogen-bond acceptors (Lipinski definition) is 3. The third kappa shape index (κ3) is 4.17. The van der Waals surface area contributed by atoms with Crippen molar-refractivity contribution in [1.29, 1.82) is 0 Å². The second kappa shape index (κ2) is 6.43. The number of nitrogens with one attached hydrogen (secondary N) is 1. The molecule has 1 aromatic heterocycles. The molecule has 0 amide bonds. The minimum atomic E-state index is -4.36. The van der Waals surface area contributed by atoms with Crippen molar-refractivity contribution in [3.05, 3.63) is 51.9 Å². The molecule has 0 aliphatic carbocycles. The van der Waals surface area contributed by atoms with Gasteiger partial charge in [0.05, 0.1) is 5.56 Å². The van der Waals surface area contributed by atoms with E-state index >= 15 is 0 Å². The molecule has 0 atom stereocenters. The first-order chi connectivity index (χ1) is 9.90. The summed E-state index contributed by atoms with van der Waals surface area (Å²) in [5, 5.41) is 2.91. The van der Waals surface area contributed by atoms with Crippen LogP contribution < -0.4 is 5.32 Å². The zero-order valence-corrected chi connectivity index (χ0v) is 12.8. The quantitative estimate of drug-likeness (QED) is 0.820. The monoisotopic (exact) mass is 359 g/mol. The van der Waals surface area contributed by atoms with E-state index in [1.807, 2.05) is 6.92 Å². The van der Waals surface area contributed by atoms with Gasteiger partial charge < -0.3 is 5.32 Å². The molecule has 0 fully saturated rings. The summed E-state index contributed by atoms with van der Waals surface area (Å²) < 4.78 is 39.3. The molecule has 1 N–H and O–H groups in total. The molecule has 0 saturated carbocycles. The lowest BCUT2D eigenvalue weighted by atomic mass is 10.1.